The third-order valence-corrected chi connectivity index (χ3v) is 2.61. The zero-order valence-electron chi connectivity index (χ0n) is 8.76. The number of aliphatic carboxylic acids is 1. The number of aryl methyl sites for hydroxylation is 1. The molecule has 0 fully saturated rings. The fourth-order valence-electron chi connectivity index (χ4n) is 1.87. The van der Waals surface area contributed by atoms with Crippen LogP contribution in [0.5, 0.6) is 0 Å². The van der Waals surface area contributed by atoms with Gasteiger partial charge < -0.3 is 14.8 Å². The fraction of sp³-hybridized carbons (Fsp3) is 0.250. The number of aliphatic hydroxyl groups excluding tert-OH is 1. The normalized spacial score (nSPS) is 10.8. The summed E-state index contributed by atoms with van der Waals surface area (Å²) in [6.07, 6.45) is 0.0612. The average Bonchev–Trinajstić information content (AvgIpc) is 2.64. The second-order valence-corrected chi connectivity index (χ2v) is 3.65. The molecule has 16 heavy (non-hydrogen) atoms. The number of nitrogens with zero attached hydrogens (tertiary/aromatic N) is 1. The molecule has 0 amide bonds. The molecular weight excluding hydrogens is 206 g/mol. The number of fused-ring (bicyclic) bond motifs is 1. The first-order chi connectivity index (χ1) is 7.72. The van der Waals surface area contributed by atoms with Crippen LogP contribution in [0.4, 0.5) is 0 Å². The Labute approximate surface area is 92.7 Å². The van der Waals surface area contributed by atoms with E-state index >= 15 is 0 Å². The van der Waals surface area contributed by atoms with E-state index in [9.17, 15) is 9.90 Å². The first-order valence-corrected chi connectivity index (χ1v) is 5.12. The van der Waals surface area contributed by atoms with E-state index in [1.165, 1.54) is 0 Å². The second kappa shape index (κ2) is 4.37. The lowest BCUT2D eigenvalue weighted by atomic mass is 10.2. The van der Waals surface area contributed by atoms with Crippen molar-refractivity contribution in [3.05, 3.63) is 36.0 Å². The summed E-state index contributed by atoms with van der Waals surface area (Å²) in [4.78, 5) is 10.6. The maximum absolute atomic E-state index is 10.6. The molecule has 0 spiro atoms. The van der Waals surface area contributed by atoms with E-state index in [0.29, 0.717) is 6.54 Å². The van der Waals surface area contributed by atoms with Crippen molar-refractivity contribution in [2.24, 2.45) is 0 Å². The monoisotopic (exact) mass is 219 g/mol. The van der Waals surface area contributed by atoms with Gasteiger partial charge in [-0.25, -0.2) is 0 Å². The molecule has 4 nitrogen and oxygen atoms in total. The van der Waals surface area contributed by atoms with Gasteiger partial charge in [-0.1, -0.05) is 18.2 Å². The van der Waals surface area contributed by atoms with Gasteiger partial charge in [0.1, 0.15) is 0 Å². The molecule has 2 N–H and O–H groups in total. The van der Waals surface area contributed by atoms with Gasteiger partial charge in [0.05, 0.1) is 13.0 Å². The van der Waals surface area contributed by atoms with Crippen molar-refractivity contribution in [3.63, 3.8) is 0 Å². The van der Waals surface area contributed by atoms with Crippen LogP contribution < -0.4 is 0 Å². The fourth-order valence-corrected chi connectivity index (χ4v) is 1.87. The highest BCUT2D eigenvalue weighted by molar-refractivity contribution is 5.81. The third-order valence-electron chi connectivity index (χ3n) is 2.61. The molecule has 0 bridgehead atoms. The number of hydrogen-bond acceptors (Lipinski definition) is 2. The van der Waals surface area contributed by atoms with E-state index in [0.717, 1.165) is 16.6 Å². The van der Waals surface area contributed by atoms with E-state index in [4.69, 9.17) is 5.11 Å². The van der Waals surface area contributed by atoms with Gasteiger partial charge in [0.2, 0.25) is 0 Å². The summed E-state index contributed by atoms with van der Waals surface area (Å²) in [5, 5.41) is 18.9. The van der Waals surface area contributed by atoms with Crippen LogP contribution in [0, 0.1) is 0 Å². The number of rotatable bonds is 4. The molecule has 0 unspecified atom stereocenters. The molecule has 1 heterocycles. The third kappa shape index (κ3) is 1.92. The Morgan fingerprint density at radius 3 is 2.75 bits per heavy atom. The first kappa shape index (κ1) is 10.7. The smallest absolute Gasteiger partial charge is 0.305 e. The van der Waals surface area contributed by atoms with Crippen molar-refractivity contribution in [2.75, 3.05) is 0 Å². The second-order valence-electron chi connectivity index (χ2n) is 3.65. The molecule has 2 rings (SSSR count). The average molecular weight is 219 g/mol. The summed E-state index contributed by atoms with van der Waals surface area (Å²) in [5.74, 6) is -0.832. The molecule has 4 heteroatoms. The maximum atomic E-state index is 10.6. The van der Waals surface area contributed by atoms with Gasteiger partial charge in [-0.3, -0.25) is 4.79 Å². The Balaban J connectivity index is 2.43. The molecule has 1 aromatic heterocycles. The highest BCUT2D eigenvalue weighted by Gasteiger charge is 2.08. The number of benzene rings is 1. The van der Waals surface area contributed by atoms with Gasteiger partial charge in [-0.05, 0) is 17.5 Å². The van der Waals surface area contributed by atoms with Crippen LogP contribution in [0.3, 0.4) is 0 Å². The molecule has 0 aliphatic heterocycles. The van der Waals surface area contributed by atoms with Gasteiger partial charge in [-0.15, -0.1) is 0 Å². The Morgan fingerprint density at radius 1 is 1.31 bits per heavy atom. The predicted molar refractivity (Wildman–Crippen MR) is 60.1 cm³/mol. The Bertz CT molecular complexity index is 516. The van der Waals surface area contributed by atoms with Crippen molar-refractivity contribution in [2.45, 2.75) is 19.6 Å². The molecule has 0 saturated carbocycles. The summed E-state index contributed by atoms with van der Waals surface area (Å²) in [5.41, 5.74) is 1.72. The summed E-state index contributed by atoms with van der Waals surface area (Å²) in [6.45, 7) is 0.313. The highest BCUT2D eigenvalue weighted by Crippen LogP contribution is 2.20. The number of para-hydroxylation sites is 1. The zero-order valence-corrected chi connectivity index (χ0v) is 8.76. The van der Waals surface area contributed by atoms with Crippen LogP contribution in [0.2, 0.25) is 0 Å². The van der Waals surface area contributed by atoms with E-state index in [-0.39, 0.29) is 13.0 Å². The van der Waals surface area contributed by atoms with Crippen molar-refractivity contribution in [3.8, 4) is 0 Å². The lowest BCUT2D eigenvalue weighted by Crippen LogP contribution is -2.07. The molecule has 0 saturated heterocycles. The summed E-state index contributed by atoms with van der Waals surface area (Å²) < 4.78 is 1.85. The van der Waals surface area contributed by atoms with Gasteiger partial charge >= 0.3 is 5.97 Å². The van der Waals surface area contributed by atoms with Crippen molar-refractivity contribution in [1.82, 2.24) is 4.57 Å². The van der Waals surface area contributed by atoms with E-state index in [1.807, 2.05) is 34.9 Å². The number of aromatic nitrogens is 1. The molecule has 84 valence electrons. The summed E-state index contributed by atoms with van der Waals surface area (Å²) in [7, 11) is 0. The van der Waals surface area contributed by atoms with Gasteiger partial charge in [-0.2, -0.15) is 0 Å². The van der Waals surface area contributed by atoms with Crippen molar-refractivity contribution < 1.29 is 15.0 Å². The highest BCUT2D eigenvalue weighted by atomic mass is 16.4. The van der Waals surface area contributed by atoms with E-state index in [2.05, 4.69) is 0 Å². The first-order valence-electron chi connectivity index (χ1n) is 5.12. The summed E-state index contributed by atoms with van der Waals surface area (Å²) >= 11 is 0. The van der Waals surface area contributed by atoms with Crippen molar-refractivity contribution in [1.29, 1.82) is 0 Å². The maximum Gasteiger partial charge on any atom is 0.305 e. The topological polar surface area (TPSA) is 62.5 Å². The molecule has 1 aromatic carbocycles. The van der Waals surface area contributed by atoms with Crippen molar-refractivity contribution >= 4 is 16.9 Å². The predicted octanol–water partition coefficient (Wildman–Crippen LogP) is 1.61. The summed E-state index contributed by atoms with van der Waals surface area (Å²) in [6, 6.07) is 9.59. The lowest BCUT2D eigenvalue weighted by molar-refractivity contribution is -0.137. The van der Waals surface area contributed by atoms with Crippen LogP contribution in [-0.4, -0.2) is 20.7 Å². The number of hydrogen-bond donors (Lipinski definition) is 2. The van der Waals surface area contributed by atoms with E-state index in [1.54, 1.807) is 0 Å². The number of carboxylic acids is 1. The number of aliphatic hydroxyl groups is 1. The van der Waals surface area contributed by atoms with E-state index < -0.39 is 5.97 Å². The molecule has 0 radical (unpaired) electrons. The zero-order chi connectivity index (χ0) is 11.5. The Morgan fingerprint density at radius 2 is 2.06 bits per heavy atom. The minimum absolute atomic E-state index is 0.0612. The number of carboxylic acid groups (broad SMARTS) is 1. The molecule has 2 aromatic rings. The van der Waals surface area contributed by atoms with Gasteiger partial charge in [0.15, 0.2) is 0 Å². The lowest BCUT2D eigenvalue weighted by Gasteiger charge is -2.07. The molecule has 0 atom stereocenters. The minimum atomic E-state index is -0.832. The quantitative estimate of drug-likeness (QED) is 0.821. The van der Waals surface area contributed by atoms with Gasteiger partial charge in [0.25, 0.3) is 0 Å². The largest absolute Gasteiger partial charge is 0.481 e. The number of carbonyl (C=O) groups is 1. The molecule has 0 aliphatic rings. The van der Waals surface area contributed by atoms with Crippen LogP contribution in [-0.2, 0) is 17.9 Å². The van der Waals surface area contributed by atoms with Crippen LogP contribution in [0.1, 0.15) is 12.1 Å². The SMILES string of the molecule is O=C(O)CCn1c(CO)cc2ccccc21. The minimum Gasteiger partial charge on any atom is -0.481 e. The van der Waals surface area contributed by atoms with Gasteiger partial charge in [0, 0.05) is 17.8 Å². The Hall–Kier alpha value is -1.81. The van der Waals surface area contributed by atoms with Crippen LogP contribution >= 0.6 is 0 Å². The standard InChI is InChI=1S/C12H13NO3/c14-8-10-7-9-3-1-2-4-11(9)13(10)6-5-12(15)16/h1-4,7,14H,5-6,8H2,(H,15,16). The Kier molecular flexibility index (Phi) is 2.92. The molecular formula is C12H13NO3. The van der Waals surface area contributed by atoms with Crippen LogP contribution in [0.25, 0.3) is 10.9 Å². The molecule has 0 aliphatic carbocycles. The van der Waals surface area contributed by atoms with Crippen LogP contribution in [0.15, 0.2) is 30.3 Å².